The number of hydrogen-bond donors (Lipinski definition) is 2. The summed E-state index contributed by atoms with van der Waals surface area (Å²) in [5.41, 5.74) is 1.86. The molecule has 3 amide bonds. The van der Waals surface area contributed by atoms with E-state index in [2.05, 4.69) is 22.5 Å². The molecule has 1 aliphatic carbocycles. The Morgan fingerprint density at radius 2 is 1.97 bits per heavy atom. The van der Waals surface area contributed by atoms with Gasteiger partial charge >= 0.3 is 6.03 Å². The molecule has 1 aliphatic heterocycles. The molecule has 1 atom stereocenters. The van der Waals surface area contributed by atoms with E-state index in [9.17, 15) is 9.59 Å². The van der Waals surface area contributed by atoms with Crippen molar-refractivity contribution in [3.63, 3.8) is 0 Å². The number of urea groups is 1. The Kier molecular flexibility index (Phi) is 7.89. The van der Waals surface area contributed by atoms with Crippen molar-refractivity contribution in [2.45, 2.75) is 45.8 Å². The maximum atomic E-state index is 12.6. The van der Waals surface area contributed by atoms with E-state index < -0.39 is 0 Å². The third kappa shape index (κ3) is 7.33. The van der Waals surface area contributed by atoms with Crippen molar-refractivity contribution >= 4 is 17.6 Å². The van der Waals surface area contributed by atoms with Gasteiger partial charge in [-0.2, -0.15) is 0 Å². The second-order valence-electron chi connectivity index (χ2n) is 8.23. The van der Waals surface area contributed by atoms with Gasteiger partial charge in [0.1, 0.15) is 0 Å². The molecule has 1 aromatic rings. The van der Waals surface area contributed by atoms with Gasteiger partial charge in [0, 0.05) is 44.5 Å². The highest BCUT2D eigenvalue weighted by molar-refractivity contribution is 5.89. The number of amides is 3. The Labute approximate surface area is 173 Å². The van der Waals surface area contributed by atoms with Crippen LogP contribution in [0.15, 0.2) is 24.3 Å². The average Bonchev–Trinajstić information content (AvgIpc) is 3.53. The lowest BCUT2D eigenvalue weighted by Crippen LogP contribution is -2.52. The van der Waals surface area contributed by atoms with Gasteiger partial charge in [-0.05, 0) is 49.8 Å². The molecule has 1 unspecified atom stereocenters. The average molecular weight is 403 g/mol. The second kappa shape index (κ2) is 10.6. The van der Waals surface area contributed by atoms with Crippen LogP contribution in [0, 0.1) is 5.92 Å². The van der Waals surface area contributed by atoms with E-state index in [1.165, 1.54) is 12.8 Å². The SMILES string of the molecule is CCC(C)NC(=O)CN1CCN(C(=O)Nc2cccc(COCC3CC3)c2)CC1. The maximum absolute atomic E-state index is 12.6. The number of nitrogens with zero attached hydrogens (tertiary/aromatic N) is 2. The zero-order chi connectivity index (χ0) is 20.6. The quantitative estimate of drug-likeness (QED) is 0.666. The predicted octanol–water partition coefficient (Wildman–Crippen LogP) is 2.68. The standard InChI is InChI=1S/C22H34N4O3/c1-3-17(2)23-21(27)14-25-9-11-26(12-10-25)22(28)24-20-6-4-5-19(13-20)16-29-15-18-7-8-18/h4-6,13,17-18H,3,7-12,14-16H2,1-2H3,(H,23,27)(H,24,28). The van der Waals surface area contributed by atoms with Gasteiger partial charge in [0.05, 0.1) is 13.2 Å². The minimum atomic E-state index is -0.0928. The first-order valence-corrected chi connectivity index (χ1v) is 10.8. The van der Waals surface area contributed by atoms with Crippen molar-refractivity contribution in [1.29, 1.82) is 0 Å². The number of anilines is 1. The first-order chi connectivity index (χ1) is 14.0. The molecule has 0 bridgehead atoms. The normalized spacial score (nSPS) is 18.3. The monoisotopic (exact) mass is 402 g/mol. The number of nitrogens with one attached hydrogen (secondary N) is 2. The summed E-state index contributed by atoms with van der Waals surface area (Å²) in [6.07, 6.45) is 3.49. The Morgan fingerprint density at radius 3 is 2.66 bits per heavy atom. The summed E-state index contributed by atoms with van der Waals surface area (Å²) in [5.74, 6) is 0.802. The topological polar surface area (TPSA) is 73.9 Å². The van der Waals surface area contributed by atoms with Gasteiger partial charge in [-0.1, -0.05) is 19.1 Å². The number of rotatable bonds is 9. The molecule has 2 aliphatic rings. The van der Waals surface area contributed by atoms with E-state index in [1.807, 2.05) is 31.2 Å². The van der Waals surface area contributed by atoms with Gasteiger partial charge in [-0.3, -0.25) is 9.69 Å². The highest BCUT2D eigenvalue weighted by Gasteiger charge is 2.23. The fourth-order valence-electron chi connectivity index (χ4n) is 3.30. The maximum Gasteiger partial charge on any atom is 0.321 e. The molecule has 2 N–H and O–H groups in total. The molecule has 1 heterocycles. The van der Waals surface area contributed by atoms with Crippen LogP contribution in [0.2, 0.25) is 0 Å². The molecule has 0 aromatic heterocycles. The van der Waals surface area contributed by atoms with Gasteiger partial charge in [0.25, 0.3) is 0 Å². The molecule has 1 aromatic carbocycles. The molecule has 0 spiro atoms. The largest absolute Gasteiger partial charge is 0.376 e. The number of piperazine rings is 1. The fraction of sp³-hybridized carbons (Fsp3) is 0.636. The summed E-state index contributed by atoms with van der Waals surface area (Å²) >= 11 is 0. The molecule has 29 heavy (non-hydrogen) atoms. The molecule has 1 saturated carbocycles. The predicted molar refractivity (Wildman–Crippen MR) is 114 cm³/mol. The second-order valence-corrected chi connectivity index (χ2v) is 8.23. The number of carbonyl (C=O) groups is 2. The first-order valence-electron chi connectivity index (χ1n) is 10.8. The van der Waals surface area contributed by atoms with Crippen molar-refractivity contribution < 1.29 is 14.3 Å². The van der Waals surface area contributed by atoms with Gasteiger partial charge in [0.2, 0.25) is 5.91 Å². The zero-order valence-electron chi connectivity index (χ0n) is 17.7. The van der Waals surface area contributed by atoms with Crippen LogP contribution in [0.3, 0.4) is 0 Å². The van der Waals surface area contributed by atoms with E-state index in [4.69, 9.17) is 4.74 Å². The molecule has 1 saturated heterocycles. The zero-order valence-corrected chi connectivity index (χ0v) is 17.7. The first kappa shape index (κ1) is 21.6. The van der Waals surface area contributed by atoms with Crippen molar-refractivity contribution in [2.24, 2.45) is 5.92 Å². The van der Waals surface area contributed by atoms with Gasteiger partial charge in [-0.15, -0.1) is 0 Å². The van der Waals surface area contributed by atoms with Crippen LogP contribution < -0.4 is 10.6 Å². The Balaban J connectivity index is 1.39. The Bertz CT molecular complexity index is 684. The minimum absolute atomic E-state index is 0.0537. The number of benzene rings is 1. The molecule has 2 fully saturated rings. The lowest BCUT2D eigenvalue weighted by molar-refractivity contribution is -0.123. The van der Waals surface area contributed by atoms with E-state index in [-0.39, 0.29) is 18.0 Å². The van der Waals surface area contributed by atoms with Crippen LogP contribution in [0.25, 0.3) is 0 Å². The summed E-state index contributed by atoms with van der Waals surface area (Å²) in [7, 11) is 0. The van der Waals surface area contributed by atoms with Crippen molar-refractivity contribution in [3.05, 3.63) is 29.8 Å². The Hall–Kier alpha value is -2.12. The number of hydrogen-bond acceptors (Lipinski definition) is 4. The summed E-state index contributed by atoms with van der Waals surface area (Å²) < 4.78 is 5.73. The van der Waals surface area contributed by atoms with E-state index in [1.54, 1.807) is 4.90 Å². The van der Waals surface area contributed by atoms with Gasteiger partial charge in [-0.25, -0.2) is 4.79 Å². The third-order valence-electron chi connectivity index (χ3n) is 5.54. The molecule has 160 valence electrons. The molecular formula is C22H34N4O3. The van der Waals surface area contributed by atoms with Crippen LogP contribution in [-0.2, 0) is 16.1 Å². The molecule has 0 radical (unpaired) electrons. The number of carbonyl (C=O) groups excluding carboxylic acids is 2. The summed E-state index contributed by atoms with van der Waals surface area (Å²) in [4.78, 5) is 28.5. The lowest BCUT2D eigenvalue weighted by Gasteiger charge is -2.34. The van der Waals surface area contributed by atoms with Crippen LogP contribution >= 0.6 is 0 Å². The summed E-state index contributed by atoms with van der Waals surface area (Å²) in [6.45, 7) is 8.51. The Morgan fingerprint density at radius 1 is 1.21 bits per heavy atom. The van der Waals surface area contributed by atoms with Crippen LogP contribution in [0.4, 0.5) is 10.5 Å². The van der Waals surface area contributed by atoms with Crippen molar-refractivity contribution in [2.75, 3.05) is 44.6 Å². The van der Waals surface area contributed by atoms with Crippen LogP contribution in [0.1, 0.15) is 38.7 Å². The van der Waals surface area contributed by atoms with Crippen molar-refractivity contribution in [3.8, 4) is 0 Å². The number of ether oxygens (including phenoxy) is 1. The minimum Gasteiger partial charge on any atom is -0.376 e. The van der Waals surface area contributed by atoms with Crippen LogP contribution in [-0.4, -0.2) is 67.1 Å². The van der Waals surface area contributed by atoms with Crippen molar-refractivity contribution in [1.82, 2.24) is 15.1 Å². The van der Waals surface area contributed by atoms with Gasteiger partial charge < -0.3 is 20.3 Å². The third-order valence-corrected chi connectivity index (χ3v) is 5.54. The molecule has 7 heteroatoms. The molecular weight excluding hydrogens is 368 g/mol. The van der Waals surface area contributed by atoms with E-state index in [0.717, 1.165) is 30.2 Å². The summed E-state index contributed by atoms with van der Waals surface area (Å²) in [5, 5.41) is 5.98. The highest BCUT2D eigenvalue weighted by atomic mass is 16.5. The smallest absolute Gasteiger partial charge is 0.321 e. The van der Waals surface area contributed by atoms with E-state index >= 15 is 0 Å². The summed E-state index contributed by atoms with van der Waals surface area (Å²) in [6, 6.07) is 7.94. The lowest BCUT2D eigenvalue weighted by atomic mass is 10.2. The highest BCUT2D eigenvalue weighted by Crippen LogP contribution is 2.29. The molecule has 7 nitrogen and oxygen atoms in total. The van der Waals surface area contributed by atoms with E-state index in [0.29, 0.717) is 39.3 Å². The van der Waals surface area contributed by atoms with Gasteiger partial charge in [0.15, 0.2) is 0 Å². The fourth-order valence-corrected chi connectivity index (χ4v) is 3.30. The van der Waals surface area contributed by atoms with Crippen LogP contribution in [0.5, 0.6) is 0 Å². The molecule has 3 rings (SSSR count).